The summed E-state index contributed by atoms with van der Waals surface area (Å²) in [6.45, 7) is 3.04. The smallest absolute Gasteiger partial charge is 0.311 e. The average Bonchev–Trinajstić information content (AvgIpc) is 2.82. The molecule has 3 rings (SSSR count). The third kappa shape index (κ3) is 2.55. The highest BCUT2D eigenvalue weighted by atomic mass is 16.2. The second-order valence-corrected chi connectivity index (χ2v) is 6.53. The molecule has 3 fully saturated rings. The topological polar surface area (TPSA) is 61.4 Å². The fourth-order valence-electron chi connectivity index (χ4n) is 4.01. The van der Waals surface area contributed by atoms with Crippen molar-refractivity contribution in [2.24, 2.45) is 5.41 Å². The van der Waals surface area contributed by atoms with Crippen LogP contribution in [0.3, 0.4) is 0 Å². The number of carbonyl (C=O) groups excluding carboxylic acids is 2. The van der Waals surface area contributed by atoms with Crippen LogP contribution in [-0.2, 0) is 9.59 Å². The second kappa shape index (κ2) is 5.72. The van der Waals surface area contributed by atoms with Crippen LogP contribution < -0.4 is 10.6 Å². The number of carbonyl (C=O) groups is 2. The van der Waals surface area contributed by atoms with Crippen molar-refractivity contribution in [3.63, 3.8) is 0 Å². The van der Waals surface area contributed by atoms with E-state index in [1.807, 2.05) is 0 Å². The molecule has 0 radical (unpaired) electrons. The van der Waals surface area contributed by atoms with E-state index >= 15 is 0 Å². The van der Waals surface area contributed by atoms with Crippen LogP contribution in [0.1, 0.15) is 44.9 Å². The van der Waals surface area contributed by atoms with Crippen molar-refractivity contribution in [2.75, 3.05) is 26.2 Å². The molecule has 1 spiro atoms. The quantitative estimate of drug-likeness (QED) is 0.693. The van der Waals surface area contributed by atoms with E-state index in [1.54, 1.807) is 4.90 Å². The predicted octanol–water partition coefficient (Wildman–Crippen LogP) is 0.647. The maximum atomic E-state index is 12.2. The van der Waals surface area contributed by atoms with Gasteiger partial charge in [-0.3, -0.25) is 9.59 Å². The lowest BCUT2D eigenvalue weighted by atomic mass is 9.63. The van der Waals surface area contributed by atoms with E-state index in [2.05, 4.69) is 10.6 Å². The SMILES string of the molecule is O=C(NC1CCC12CCCC2)C(=O)N1CCCNCC1. The van der Waals surface area contributed by atoms with Crippen LogP contribution in [0.15, 0.2) is 0 Å². The summed E-state index contributed by atoms with van der Waals surface area (Å²) in [4.78, 5) is 26.1. The Morgan fingerprint density at radius 1 is 1.05 bits per heavy atom. The maximum Gasteiger partial charge on any atom is 0.311 e. The Kier molecular flexibility index (Phi) is 3.96. The molecule has 0 aromatic rings. The number of nitrogens with zero attached hydrogens (tertiary/aromatic N) is 1. The Bertz CT molecular complexity index is 383. The van der Waals surface area contributed by atoms with Gasteiger partial charge in [0.05, 0.1) is 0 Å². The molecule has 2 amide bonds. The molecule has 2 aliphatic carbocycles. The van der Waals surface area contributed by atoms with Gasteiger partial charge in [-0.2, -0.15) is 0 Å². The summed E-state index contributed by atoms with van der Waals surface area (Å²) in [6.07, 6.45) is 8.18. The summed E-state index contributed by atoms with van der Waals surface area (Å²) in [6, 6.07) is 0.242. The van der Waals surface area contributed by atoms with Gasteiger partial charge in [-0.25, -0.2) is 0 Å². The van der Waals surface area contributed by atoms with Gasteiger partial charge in [0.2, 0.25) is 0 Å². The van der Waals surface area contributed by atoms with Crippen LogP contribution in [0.4, 0.5) is 0 Å². The minimum atomic E-state index is -0.386. The summed E-state index contributed by atoms with van der Waals surface area (Å²) in [5.74, 6) is -0.725. The van der Waals surface area contributed by atoms with Crippen molar-refractivity contribution in [3.05, 3.63) is 0 Å². The van der Waals surface area contributed by atoms with Crippen molar-refractivity contribution < 1.29 is 9.59 Å². The van der Waals surface area contributed by atoms with Crippen molar-refractivity contribution in [1.82, 2.24) is 15.5 Å². The lowest BCUT2D eigenvalue weighted by molar-refractivity contribution is -0.147. The third-order valence-corrected chi connectivity index (χ3v) is 5.40. The highest BCUT2D eigenvalue weighted by molar-refractivity contribution is 6.35. The molecule has 0 aromatic carbocycles. The molecule has 2 saturated carbocycles. The zero-order valence-electron chi connectivity index (χ0n) is 12.1. The first-order valence-electron chi connectivity index (χ1n) is 8.02. The van der Waals surface area contributed by atoms with E-state index in [9.17, 15) is 9.59 Å². The van der Waals surface area contributed by atoms with Gasteiger partial charge in [0.15, 0.2) is 0 Å². The molecule has 1 saturated heterocycles. The number of amides is 2. The number of hydrogen-bond acceptors (Lipinski definition) is 3. The molecule has 1 atom stereocenters. The molecule has 5 heteroatoms. The summed E-state index contributed by atoms with van der Waals surface area (Å²) >= 11 is 0. The molecule has 2 N–H and O–H groups in total. The standard InChI is InChI=1S/C15H25N3O2/c19-13(14(20)18-10-3-8-16-9-11-18)17-12-4-7-15(12)5-1-2-6-15/h12,16H,1-11H2,(H,17,19). The average molecular weight is 279 g/mol. The maximum absolute atomic E-state index is 12.2. The minimum absolute atomic E-state index is 0.242. The molecule has 3 aliphatic rings. The molecular weight excluding hydrogens is 254 g/mol. The van der Waals surface area contributed by atoms with E-state index in [0.29, 0.717) is 18.5 Å². The van der Waals surface area contributed by atoms with Crippen LogP contribution in [0.25, 0.3) is 0 Å². The van der Waals surface area contributed by atoms with Crippen molar-refractivity contribution >= 4 is 11.8 Å². The third-order valence-electron chi connectivity index (χ3n) is 5.40. The molecule has 1 heterocycles. The molecule has 112 valence electrons. The summed E-state index contributed by atoms with van der Waals surface area (Å²) in [7, 11) is 0. The first kappa shape index (κ1) is 13.9. The fourth-order valence-corrected chi connectivity index (χ4v) is 4.01. The Morgan fingerprint density at radius 2 is 1.85 bits per heavy atom. The number of hydrogen-bond donors (Lipinski definition) is 2. The van der Waals surface area contributed by atoms with Gasteiger partial charge >= 0.3 is 11.8 Å². The normalized spacial score (nSPS) is 28.8. The van der Waals surface area contributed by atoms with Crippen LogP contribution >= 0.6 is 0 Å². The van der Waals surface area contributed by atoms with Crippen molar-refractivity contribution in [2.45, 2.75) is 51.0 Å². The predicted molar refractivity (Wildman–Crippen MR) is 76.1 cm³/mol. The van der Waals surface area contributed by atoms with Crippen LogP contribution in [0.2, 0.25) is 0 Å². The first-order chi connectivity index (χ1) is 9.71. The van der Waals surface area contributed by atoms with Gasteiger partial charge in [0, 0.05) is 25.7 Å². The van der Waals surface area contributed by atoms with E-state index < -0.39 is 0 Å². The Hall–Kier alpha value is -1.10. The Balaban J connectivity index is 1.54. The molecule has 0 aromatic heterocycles. The largest absolute Gasteiger partial charge is 0.345 e. The fraction of sp³-hybridized carbons (Fsp3) is 0.867. The van der Waals surface area contributed by atoms with Gasteiger partial charge in [-0.15, -0.1) is 0 Å². The summed E-state index contributed by atoms with van der Waals surface area (Å²) in [5, 5.41) is 6.26. The molecule has 0 bridgehead atoms. The second-order valence-electron chi connectivity index (χ2n) is 6.53. The van der Waals surface area contributed by atoms with Gasteiger partial charge in [0.1, 0.15) is 0 Å². The molecule has 20 heavy (non-hydrogen) atoms. The minimum Gasteiger partial charge on any atom is -0.345 e. The van der Waals surface area contributed by atoms with E-state index in [0.717, 1.165) is 25.9 Å². The Labute approximate surface area is 120 Å². The number of nitrogens with one attached hydrogen (secondary N) is 2. The molecular formula is C15H25N3O2. The summed E-state index contributed by atoms with van der Waals surface area (Å²) < 4.78 is 0. The zero-order chi connectivity index (χ0) is 14.0. The van der Waals surface area contributed by atoms with E-state index in [-0.39, 0.29) is 17.9 Å². The van der Waals surface area contributed by atoms with Gasteiger partial charge in [-0.1, -0.05) is 12.8 Å². The van der Waals surface area contributed by atoms with Crippen LogP contribution in [0.5, 0.6) is 0 Å². The number of rotatable bonds is 1. The van der Waals surface area contributed by atoms with E-state index in [4.69, 9.17) is 0 Å². The highest BCUT2D eigenvalue weighted by Crippen LogP contribution is 2.53. The first-order valence-corrected chi connectivity index (χ1v) is 8.02. The lowest BCUT2D eigenvalue weighted by Crippen LogP contribution is -2.57. The van der Waals surface area contributed by atoms with E-state index in [1.165, 1.54) is 32.1 Å². The van der Waals surface area contributed by atoms with Gasteiger partial charge < -0.3 is 15.5 Å². The monoisotopic (exact) mass is 279 g/mol. The molecule has 5 nitrogen and oxygen atoms in total. The van der Waals surface area contributed by atoms with Crippen LogP contribution in [0, 0.1) is 5.41 Å². The Morgan fingerprint density at radius 3 is 2.55 bits per heavy atom. The van der Waals surface area contributed by atoms with Gasteiger partial charge in [0.25, 0.3) is 0 Å². The molecule has 1 unspecified atom stereocenters. The highest BCUT2D eigenvalue weighted by Gasteiger charge is 2.49. The van der Waals surface area contributed by atoms with Gasteiger partial charge in [-0.05, 0) is 44.1 Å². The van der Waals surface area contributed by atoms with Crippen molar-refractivity contribution in [3.8, 4) is 0 Å². The molecule has 1 aliphatic heterocycles. The zero-order valence-corrected chi connectivity index (χ0v) is 12.1. The van der Waals surface area contributed by atoms with Crippen molar-refractivity contribution in [1.29, 1.82) is 0 Å². The van der Waals surface area contributed by atoms with Crippen LogP contribution in [-0.4, -0.2) is 48.9 Å². The lowest BCUT2D eigenvalue weighted by Gasteiger charge is -2.47. The summed E-state index contributed by atoms with van der Waals surface area (Å²) in [5.41, 5.74) is 0.330.